The van der Waals surface area contributed by atoms with E-state index in [-0.39, 0.29) is 44.4 Å². The van der Waals surface area contributed by atoms with Crippen LogP contribution in [0.5, 0.6) is 0 Å². The predicted molar refractivity (Wildman–Crippen MR) is 114 cm³/mol. The Hall–Kier alpha value is -0.866. The van der Waals surface area contributed by atoms with Crippen molar-refractivity contribution >= 4 is 11.8 Å². The molecule has 0 spiro atoms. The van der Waals surface area contributed by atoms with Crippen molar-refractivity contribution in [1.82, 2.24) is 10.6 Å². The number of hydrogen-bond acceptors (Lipinski definition) is 2. The molecule has 5 heteroatoms. The Bertz CT molecular complexity index is 521. The van der Waals surface area contributed by atoms with Gasteiger partial charge in [-0.3, -0.25) is 9.59 Å². The summed E-state index contributed by atoms with van der Waals surface area (Å²) in [6, 6.07) is 0. The van der Waals surface area contributed by atoms with E-state index in [1.807, 2.05) is 92.9 Å². The Morgan fingerprint density at radius 3 is 1.10 bits per heavy atom. The van der Waals surface area contributed by atoms with E-state index in [9.17, 15) is 9.59 Å². The summed E-state index contributed by atoms with van der Waals surface area (Å²) in [6.07, 6.45) is 15.4. The normalized spacial score (nSPS) is 17.6. The Labute approximate surface area is 193 Å². The fraction of sp³-hybridized carbons (Fsp3) is 0.333. The van der Waals surface area contributed by atoms with Crippen LogP contribution in [0.25, 0.3) is 0 Å². The van der Waals surface area contributed by atoms with Gasteiger partial charge in [0.2, 0.25) is 11.8 Å². The maximum Gasteiger partial charge on any atom is 2.00 e. The van der Waals surface area contributed by atoms with Crippen molar-refractivity contribution in [1.29, 1.82) is 0 Å². The van der Waals surface area contributed by atoms with Crippen LogP contribution >= 0.6 is 0 Å². The number of carbonyl (C=O) groups excluding carboxylic acids is 2. The van der Waals surface area contributed by atoms with Gasteiger partial charge in [-0.05, 0) is 51.4 Å². The van der Waals surface area contributed by atoms with Crippen molar-refractivity contribution in [2.75, 3.05) is 0 Å². The predicted octanol–water partition coefficient (Wildman–Crippen LogP) is 4.13. The van der Waals surface area contributed by atoms with Crippen molar-refractivity contribution < 1.29 is 31.3 Å². The fourth-order valence-electron chi connectivity index (χ4n) is 1.94. The minimum atomic E-state index is -0.379. The number of amides is 2. The topological polar surface area (TPSA) is 58.2 Å². The second kappa shape index (κ2) is 12.1. The van der Waals surface area contributed by atoms with Crippen LogP contribution in [0.1, 0.15) is 41.5 Å². The third kappa shape index (κ3) is 10.1. The Morgan fingerprint density at radius 1 is 0.655 bits per heavy atom. The fourth-order valence-corrected chi connectivity index (χ4v) is 1.94. The number of hydrogen-bond donors (Lipinski definition) is 2. The molecule has 0 aromatic rings. The van der Waals surface area contributed by atoms with Crippen molar-refractivity contribution in [2.45, 2.75) is 41.5 Å². The molecule has 10 radical (unpaired) electrons. The van der Waals surface area contributed by atoms with E-state index >= 15 is 0 Å². The molecule has 0 bridgehead atoms. The van der Waals surface area contributed by atoms with Crippen LogP contribution in [0.3, 0.4) is 0 Å². The molecule has 4 nitrogen and oxygen atoms in total. The molecule has 2 amide bonds. The monoisotopic (exact) mass is 428 g/mol. The van der Waals surface area contributed by atoms with Gasteiger partial charge in [-0.1, -0.05) is 54.7 Å². The van der Waals surface area contributed by atoms with Gasteiger partial charge in [-0.25, -0.2) is 0 Å². The van der Waals surface area contributed by atoms with Crippen molar-refractivity contribution in [3.05, 3.63) is 87.8 Å². The summed E-state index contributed by atoms with van der Waals surface area (Å²) < 4.78 is 0. The van der Waals surface area contributed by atoms with Gasteiger partial charge < -0.3 is 10.6 Å². The van der Waals surface area contributed by atoms with Gasteiger partial charge in [0.05, 0.1) is 0 Å². The number of nitrogens with one attached hydrogen (secondary N) is 2. The number of allylic oxidation sites excluding steroid dienone is 2. The first-order chi connectivity index (χ1) is 12.8. The van der Waals surface area contributed by atoms with Gasteiger partial charge in [0, 0.05) is 34.1 Å². The van der Waals surface area contributed by atoms with Crippen molar-refractivity contribution in [3.63, 3.8) is 0 Å². The minimum absolute atomic E-state index is 0. The Morgan fingerprint density at radius 2 is 0.897 bits per heavy atom. The van der Waals surface area contributed by atoms with E-state index < -0.39 is 0 Å². The summed E-state index contributed by atoms with van der Waals surface area (Å²) in [7, 11) is 0. The molecule has 2 N–H and O–H groups in total. The summed E-state index contributed by atoms with van der Waals surface area (Å²) in [5.41, 5.74) is 0.565. The van der Waals surface area contributed by atoms with Crippen molar-refractivity contribution in [3.8, 4) is 0 Å². The molecule has 0 atom stereocenters. The third-order valence-corrected chi connectivity index (χ3v) is 3.91. The molecule has 2 rings (SSSR count). The standard InChI is InChI=1S/2C12H16NO.Ti/c2*1-9(10-7-5-6-8-10)13-11(14)12(2,3)4;/h2*5-8H,1H2,2-4H3,(H,13,14);/q;;+2. The van der Waals surface area contributed by atoms with Crippen LogP contribution in [-0.4, -0.2) is 11.8 Å². The largest absolute Gasteiger partial charge is 2.00 e. The first kappa shape index (κ1) is 28.1. The third-order valence-electron chi connectivity index (χ3n) is 3.91. The average Bonchev–Trinajstić information content (AvgIpc) is 3.27. The maximum atomic E-state index is 11.6. The van der Waals surface area contributed by atoms with Crippen LogP contribution in [0, 0.1) is 74.0 Å². The molecule has 2 aliphatic rings. The van der Waals surface area contributed by atoms with E-state index in [1.165, 1.54) is 0 Å². The quantitative estimate of drug-likeness (QED) is 0.662. The van der Waals surface area contributed by atoms with E-state index in [4.69, 9.17) is 0 Å². The molecule has 0 unspecified atom stereocenters. The van der Waals surface area contributed by atoms with Crippen LogP contribution in [0.2, 0.25) is 0 Å². The average molecular weight is 428 g/mol. The maximum absolute atomic E-state index is 11.6. The van der Waals surface area contributed by atoms with Crippen molar-refractivity contribution in [2.24, 2.45) is 10.8 Å². The first-order valence-electron chi connectivity index (χ1n) is 9.27. The summed E-state index contributed by atoms with van der Waals surface area (Å²) in [6.45, 7) is 18.9. The van der Waals surface area contributed by atoms with Gasteiger partial charge in [0.1, 0.15) is 0 Å². The van der Waals surface area contributed by atoms with Gasteiger partial charge in [0.15, 0.2) is 0 Å². The van der Waals surface area contributed by atoms with Gasteiger partial charge in [-0.15, -0.1) is 0 Å². The van der Waals surface area contributed by atoms with Gasteiger partial charge >= 0.3 is 21.7 Å². The molecular formula is C24H32N2O2Ti+2. The van der Waals surface area contributed by atoms with Crippen LogP contribution in [0.15, 0.2) is 24.6 Å². The molecule has 152 valence electrons. The van der Waals surface area contributed by atoms with Crippen LogP contribution in [0.4, 0.5) is 0 Å². The Kier molecular flexibility index (Phi) is 11.7. The first-order valence-corrected chi connectivity index (χ1v) is 9.27. The van der Waals surface area contributed by atoms with Gasteiger partial charge in [-0.2, -0.15) is 0 Å². The molecule has 29 heavy (non-hydrogen) atoms. The molecule has 0 saturated heterocycles. The van der Waals surface area contributed by atoms with E-state index in [0.29, 0.717) is 11.4 Å². The molecule has 2 saturated carbocycles. The molecule has 0 heterocycles. The minimum Gasteiger partial charge on any atom is -0.329 e. The number of carbonyl (C=O) groups is 2. The molecule has 2 fully saturated rings. The van der Waals surface area contributed by atoms with Crippen LogP contribution < -0.4 is 10.6 Å². The van der Waals surface area contributed by atoms with Gasteiger partial charge in [0.25, 0.3) is 0 Å². The second-order valence-corrected chi connectivity index (χ2v) is 8.71. The van der Waals surface area contributed by atoms with E-state index in [2.05, 4.69) is 23.8 Å². The molecule has 2 aliphatic carbocycles. The van der Waals surface area contributed by atoms with E-state index in [1.54, 1.807) is 0 Å². The molecule has 0 aliphatic heterocycles. The summed E-state index contributed by atoms with van der Waals surface area (Å²) in [4.78, 5) is 23.2. The molecule has 0 aromatic heterocycles. The zero-order chi connectivity index (χ0) is 21.5. The van der Waals surface area contributed by atoms with Crippen LogP contribution in [-0.2, 0) is 31.3 Å². The Balaban J connectivity index is 0.000000523. The zero-order valence-electron chi connectivity index (χ0n) is 18.3. The zero-order valence-corrected chi connectivity index (χ0v) is 19.9. The molecule has 0 aromatic carbocycles. The summed E-state index contributed by atoms with van der Waals surface area (Å²) >= 11 is 0. The summed E-state index contributed by atoms with van der Waals surface area (Å²) in [5, 5.41) is 5.58. The van der Waals surface area contributed by atoms with E-state index in [0.717, 1.165) is 11.8 Å². The molecular weight excluding hydrogens is 396 g/mol. The summed E-state index contributed by atoms with van der Waals surface area (Å²) in [5.74, 6) is 1.90. The smallest absolute Gasteiger partial charge is 0.329 e. The second-order valence-electron chi connectivity index (χ2n) is 8.71. The SMILES string of the molecule is C=C(NC(=O)C(C)(C)C)[C]1[CH][CH][CH][CH]1.C=C(NC(=O)C(C)(C)C)[C]1[CH][CH][CH][CH]1.[Ti+2]. The number of rotatable bonds is 4.